The normalized spacial score (nSPS) is 12.0. The highest BCUT2D eigenvalue weighted by atomic mass is 15.1. The summed E-state index contributed by atoms with van der Waals surface area (Å²) in [7, 11) is 0. The van der Waals surface area contributed by atoms with Gasteiger partial charge in [-0.2, -0.15) is 0 Å². The second-order valence-electron chi connectivity index (χ2n) is 11.7. The summed E-state index contributed by atoms with van der Waals surface area (Å²) in [6.07, 6.45) is 9.00. The van der Waals surface area contributed by atoms with Crippen LogP contribution in [-0.2, 0) is 0 Å². The van der Waals surface area contributed by atoms with E-state index in [2.05, 4.69) is 148 Å². The molecule has 9 aromatic rings. The molecule has 6 heteroatoms. The number of aromatic nitrogens is 5. The van der Waals surface area contributed by atoms with E-state index in [1.165, 1.54) is 0 Å². The average Bonchev–Trinajstić information content (AvgIpc) is 3.76. The molecular weight excluding hydrogens is 576 g/mol. The monoisotopic (exact) mass is 606 g/mol. The first-order valence-electron chi connectivity index (χ1n) is 15.9. The highest BCUT2D eigenvalue weighted by molar-refractivity contribution is 6.08. The molecule has 0 aliphatic rings. The number of fused-ring (bicyclic) bond motifs is 7. The molecule has 0 aliphatic carbocycles. The Hall–Kier alpha value is -6.27. The van der Waals surface area contributed by atoms with Crippen molar-refractivity contribution < 1.29 is 0 Å². The lowest BCUT2D eigenvalue weighted by molar-refractivity contribution is 1.06. The number of para-hydroxylation sites is 3. The molecule has 0 bridgehead atoms. The van der Waals surface area contributed by atoms with E-state index >= 15 is 0 Å². The third kappa shape index (κ3) is 4.01. The molecule has 0 atom stereocenters. The smallest absolute Gasteiger partial charge is 0.0963 e. The number of aliphatic imine (C=N–C) groups is 1. The minimum atomic E-state index is 0.874. The van der Waals surface area contributed by atoms with Crippen LogP contribution in [0.15, 0.2) is 139 Å². The molecule has 9 rings (SSSR count). The first kappa shape index (κ1) is 27.1. The van der Waals surface area contributed by atoms with Crippen LogP contribution in [-0.4, -0.2) is 30.4 Å². The summed E-state index contributed by atoms with van der Waals surface area (Å²) in [5, 5.41) is 3.30. The van der Waals surface area contributed by atoms with Gasteiger partial charge >= 0.3 is 0 Å². The van der Waals surface area contributed by atoms with E-state index in [1.807, 2.05) is 24.5 Å². The first-order valence-corrected chi connectivity index (χ1v) is 15.9. The van der Waals surface area contributed by atoms with Crippen molar-refractivity contribution >= 4 is 73.3 Å². The molecule has 0 unspecified atom stereocenters. The van der Waals surface area contributed by atoms with Crippen LogP contribution in [0.25, 0.3) is 77.9 Å². The van der Waals surface area contributed by atoms with Crippen LogP contribution in [0.5, 0.6) is 0 Å². The van der Waals surface area contributed by atoms with Crippen LogP contribution >= 0.6 is 0 Å². The van der Waals surface area contributed by atoms with E-state index in [9.17, 15) is 0 Å². The van der Waals surface area contributed by atoms with Crippen LogP contribution in [0.4, 0.5) is 5.69 Å². The van der Waals surface area contributed by atoms with Gasteiger partial charge in [0, 0.05) is 28.6 Å². The van der Waals surface area contributed by atoms with E-state index < -0.39 is 0 Å². The zero-order valence-corrected chi connectivity index (χ0v) is 25.9. The Morgan fingerprint density at radius 2 is 1.02 bits per heavy atom. The van der Waals surface area contributed by atoms with Crippen molar-refractivity contribution in [3.05, 3.63) is 139 Å². The summed E-state index contributed by atoms with van der Waals surface area (Å²) in [6.45, 7) is 6.14. The first-order chi connectivity index (χ1) is 23.3. The standard InChI is InChI=1S/C41H30N6/c1-3-4-16-36-39(42-2)30-13-5-8-17-33(30)45(36)27-24-28(46-34-18-9-6-14-31(34)40-37(46)20-11-22-43-40)26-29(25-27)47-35-19-10-7-15-32(35)41-38(47)21-12-23-44-41/h4-26H,2-3H2,1H3/b16-4-. The summed E-state index contributed by atoms with van der Waals surface area (Å²) in [5.74, 6) is 0. The summed E-state index contributed by atoms with van der Waals surface area (Å²) >= 11 is 0. The molecule has 0 saturated carbocycles. The maximum Gasteiger partial charge on any atom is 0.0963 e. The van der Waals surface area contributed by atoms with Crippen molar-refractivity contribution in [1.29, 1.82) is 0 Å². The Labute approximate surface area is 271 Å². The van der Waals surface area contributed by atoms with Crippen molar-refractivity contribution in [2.75, 3.05) is 0 Å². The van der Waals surface area contributed by atoms with Crippen molar-refractivity contribution in [2.45, 2.75) is 13.3 Å². The van der Waals surface area contributed by atoms with Gasteiger partial charge in [0.1, 0.15) is 0 Å². The molecule has 5 aromatic heterocycles. The largest absolute Gasteiger partial charge is 0.307 e. The van der Waals surface area contributed by atoms with Gasteiger partial charge in [-0.1, -0.05) is 67.6 Å². The SMILES string of the molecule is C=Nc1c(/C=C\CC)n(-c2cc(-n3c4ccccc4c4ncccc43)cc(-n3c4ccccc4c4ncccc43)c2)c2ccccc12. The fraction of sp³-hybridized carbons (Fsp3) is 0.0488. The topological polar surface area (TPSA) is 52.9 Å². The fourth-order valence-corrected chi connectivity index (χ4v) is 7.16. The summed E-state index contributed by atoms with van der Waals surface area (Å²) in [4.78, 5) is 14.2. The molecule has 0 saturated heterocycles. The molecule has 5 heterocycles. The third-order valence-corrected chi connectivity index (χ3v) is 9.07. The Balaban J connectivity index is 1.45. The maximum atomic E-state index is 4.83. The van der Waals surface area contributed by atoms with E-state index in [-0.39, 0.29) is 0 Å². The Kier molecular flexibility index (Phi) is 6.15. The van der Waals surface area contributed by atoms with E-state index in [0.29, 0.717) is 0 Å². The van der Waals surface area contributed by atoms with Crippen molar-refractivity contribution in [1.82, 2.24) is 23.7 Å². The predicted molar refractivity (Wildman–Crippen MR) is 196 cm³/mol. The van der Waals surface area contributed by atoms with Crippen LogP contribution in [0.3, 0.4) is 0 Å². The zero-order chi connectivity index (χ0) is 31.5. The molecule has 4 aromatic carbocycles. The molecule has 224 valence electrons. The van der Waals surface area contributed by atoms with E-state index in [4.69, 9.17) is 9.97 Å². The predicted octanol–water partition coefficient (Wildman–Crippen LogP) is 10.4. The molecule has 0 amide bonds. The van der Waals surface area contributed by atoms with Crippen LogP contribution in [0, 0.1) is 0 Å². The Morgan fingerprint density at radius 3 is 1.53 bits per heavy atom. The number of hydrogen-bond donors (Lipinski definition) is 0. The summed E-state index contributed by atoms with van der Waals surface area (Å²) in [6, 6.07) is 40.6. The van der Waals surface area contributed by atoms with Crippen molar-refractivity contribution in [3.63, 3.8) is 0 Å². The second kappa shape index (κ2) is 10.7. The fourth-order valence-electron chi connectivity index (χ4n) is 7.16. The van der Waals surface area contributed by atoms with Crippen LogP contribution in [0.1, 0.15) is 19.0 Å². The Morgan fingerprint density at radius 1 is 0.574 bits per heavy atom. The second-order valence-corrected chi connectivity index (χ2v) is 11.7. The number of rotatable bonds is 6. The highest BCUT2D eigenvalue weighted by Crippen LogP contribution is 2.40. The van der Waals surface area contributed by atoms with Gasteiger partial charge in [0.25, 0.3) is 0 Å². The molecule has 0 radical (unpaired) electrons. The molecular formula is C41H30N6. The minimum Gasteiger partial charge on any atom is -0.307 e. The summed E-state index contributed by atoms with van der Waals surface area (Å²) < 4.78 is 6.98. The van der Waals surface area contributed by atoms with E-state index in [0.717, 1.165) is 89.6 Å². The summed E-state index contributed by atoms with van der Waals surface area (Å²) in [5.41, 5.74) is 12.3. The van der Waals surface area contributed by atoms with Crippen LogP contribution in [0.2, 0.25) is 0 Å². The zero-order valence-electron chi connectivity index (χ0n) is 25.9. The van der Waals surface area contributed by atoms with Gasteiger partial charge in [0.15, 0.2) is 0 Å². The number of hydrogen-bond acceptors (Lipinski definition) is 3. The number of allylic oxidation sites excluding steroid dienone is 1. The number of pyridine rings is 2. The number of nitrogens with zero attached hydrogens (tertiary/aromatic N) is 6. The van der Waals surface area contributed by atoms with Crippen molar-refractivity contribution in [3.8, 4) is 17.1 Å². The average molecular weight is 607 g/mol. The molecule has 0 N–H and O–H groups in total. The quantitative estimate of drug-likeness (QED) is 0.177. The number of benzene rings is 4. The molecule has 47 heavy (non-hydrogen) atoms. The molecule has 6 nitrogen and oxygen atoms in total. The Bertz CT molecular complexity index is 2460. The molecule has 0 fully saturated rings. The van der Waals surface area contributed by atoms with Gasteiger partial charge in [-0.15, -0.1) is 0 Å². The van der Waals surface area contributed by atoms with Gasteiger partial charge in [0.05, 0.1) is 67.1 Å². The van der Waals surface area contributed by atoms with E-state index in [1.54, 1.807) is 0 Å². The maximum absolute atomic E-state index is 4.83. The third-order valence-electron chi connectivity index (χ3n) is 9.07. The van der Waals surface area contributed by atoms with Gasteiger partial charge in [0.2, 0.25) is 0 Å². The lowest BCUT2D eigenvalue weighted by Crippen LogP contribution is -2.04. The highest BCUT2D eigenvalue weighted by Gasteiger charge is 2.21. The van der Waals surface area contributed by atoms with Gasteiger partial charge in [-0.05, 0) is 79.9 Å². The molecule has 0 aliphatic heterocycles. The van der Waals surface area contributed by atoms with Gasteiger partial charge < -0.3 is 13.7 Å². The lowest BCUT2D eigenvalue weighted by atomic mass is 10.2. The van der Waals surface area contributed by atoms with Crippen LogP contribution < -0.4 is 0 Å². The lowest BCUT2D eigenvalue weighted by Gasteiger charge is -2.17. The van der Waals surface area contributed by atoms with Crippen molar-refractivity contribution in [2.24, 2.45) is 4.99 Å². The van der Waals surface area contributed by atoms with Gasteiger partial charge in [-0.3, -0.25) is 15.0 Å². The van der Waals surface area contributed by atoms with Gasteiger partial charge in [-0.25, -0.2) is 0 Å². The minimum absolute atomic E-state index is 0.874. The molecule has 0 spiro atoms.